The third kappa shape index (κ3) is 5.31. The number of hydrogen-bond acceptors (Lipinski definition) is 6. The van der Waals surface area contributed by atoms with E-state index in [1.807, 2.05) is 12.1 Å². The molecule has 0 amide bonds. The molecule has 3 aromatic rings. The third-order valence-electron chi connectivity index (χ3n) is 5.42. The van der Waals surface area contributed by atoms with Crippen LogP contribution in [0.4, 0.5) is 8.78 Å². The lowest BCUT2D eigenvalue weighted by atomic mass is 9.87. The lowest BCUT2D eigenvalue weighted by Crippen LogP contribution is -2.54. The minimum Gasteiger partial charge on any atom is -0.483 e. The zero-order chi connectivity index (χ0) is 24.4. The Hall–Kier alpha value is -3.05. The van der Waals surface area contributed by atoms with Gasteiger partial charge < -0.3 is 9.84 Å². The SMILES string of the molecule is CC(C)(C)N1CC(c2ccc3c(cnn3S(=O)(=O)c3cccc(OC(F)F)c3)c2)C1.O=CO. The van der Waals surface area contributed by atoms with Gasteiger partial charge in [-0.25, -0.2) is 0 Å². The minimum absolute atomic E-state index is 0.127. The van der Waals surface area contributed by atoms with Gasteiger partial charge in [-0.3, -0.25) is 9.69 Å². The summed E-state index contributed by atoms with van der Waals surface area (Å²) < 4.78 is 56.2. The van der Waals surface area contributed by atoms with Gasteiger partial charge in [0, 0.05) is 36.0 Å². The van der Waals surface area contributed by atoms with Gasteiger partial charge in [0.05, 0.1) is 16.6 Å². The molecule has 2 aromatic carbocycles. The number of rotatable bonds is 5. The van der Waals surface area contributed by atoms with Crippen molar-refractivity contribution in [1.82, 2.24) is 14.1 Å². The number of aromatic nitrogens is 2. The number of benzene rings is 2. The molecule has 0 unspecified atom stereocenters. The molecular weight excluding hydrogens is 456 g/mol. The first-order valence-corrected chi connectivity index (χ1v) is 11.5. The van der Waals surface area contributed by atoms with Crippen LogP contribution in [0.5, 0.6) is 5.75 Å². The van der Waals surface area contributed by atoms with Crippen LogP contribution in [-0.2, 0) is 14.8 Å². The molecule has 2 heterocycles. The monoisotopic (exact) mass is 481 g/mol. The number of carboxylic acid groups (broad SMARTS) is 1. The molecule has 1 N–H and O–H groups in total. The van der Waals surface area contributed by atoms with Gasteiger partial charge in [-0.1, -0.05) is 12.1 Å². The van der Waals surface area contributed by atoms with Crippen molar-refractivity contribution in [1.29, 1.82) is 0 Å². The van der Waals surface area contributed by atoms with Crippen molar-refractivity contribution >= 4 is 27.4 Å². The number of alkyl halides is 2. The van der Waals surface area contributed by atoms with Crippen molar-refractivity contribution in [3.63, 3.8) is 0 Å². The van der Waals surface area contributed by atoms with Gasteiger partial charge in [-0.2, -0.15) is 26.4 Å². The van der Waals surface area contributed by atoms with Gasteiger partial charge in [0.1, 0.15) is 5.75 Å². The summed E-state index contributed by atoms with van der Waals surface area (Å²) in [5.74, 6) is 0.176. The normalized spacial score (nSPS) is 15.1. The molecule has 0 aliphatic carbocycles. The van der Waals surface area contributed by atoms with E-state index in [4.69, 9.17) is 9.90 Å². The fourth-order valence-electron chi connectivity index (χ4n) is 3.62. The average Bonchev–Trinajstić information content (AvgIpc) is 3.10. The van der Waals surface area contributed by atoms with Crippen LogP contribution in [0.15, 0.2) is 53.6 Å². The molecule has 0 bridgehead atoms. The summed E-state index contributed by atoms with van der Waals surface area (Å²) in [4.78, 5) is 10.6. The molecule has 1 fully saturated rings. The maximum atomic E-state index is 13.0. The topological polar surface area (TPSA) is 102 Å². The van der Waals surface area contributed by atoms with E-state index in [-0.39, 0.29) is 22.7 Å². The number of nitrogens with zero attached hydrogens (tertiary/aromatic N) is 3. The molecule has 1 aromatic heterocycles. The van der Waals surface area contributed by atoms with Gasteiger partial charge in [0.2, 0.25) is 0 Å². The molecular formula is C22H25F2N3O5S. The Morgan fingerprint density at radius 1 is 1.18 bits per heavy atom. The van der Waals surface area contributed by atoms with Crippen molar-refractivity contribution in [3.8, 4) is 5.75 Å². The van der Waals surface area contributed by atoms with Gasteiger partial charge in [0.15, 0.2) is 0 Å². The summed E-state index contributed by atoms with van der Waals surface area (Å²) in [7, 11) is -4.06. The molecule has 4 rings (SSSR count). The fraction of sp³-hybridized carbons (Fsp3) is 0.364. The molecule has 0 radical (unpaired) electrons. The zero-order valence-electron chi connectivity index (χ0n) is 18.4. The van der Waals surface area contributed by atoms with E-state index in [2.05, 4.69) is 35.5 Å². The molecule has 1 aliphatic rings. The molecule has 33 heavy (non-hydrogen) atoms. The Labute approximate surface area is 190 Å². The summed E-state index contributed by atoms with van der Waals surface area (Å²) in [6.07, 6.45) is 1.51. The Balaban J connectivity index is 0.000000968. The molecule has 1 saturated heterocycles. The van der Waals surface area contributed by atoms with E-state index in [1.54, 1.807) is 6.07 Å². The number of hydrogen-bond donors (Lipinski definition) is 1. The fourth-order valence-corrected chi connectivity index (χ4v) is 4.93. The highest BCUT2D eigenvalue weighted by atomic mass is 32.2. The van der Waals surface area contributed by atoms with E-state index in [1.165, 1.54) is 24.4 Å². The van der Waals surface area contributed by atoms with E-state index in [0.717, 1.165) is 28.8 Å². The molecule has 8 nitrogen and oxygen atoms in total. The van der Waals surface area contributed by atoms with Crippen LogP contribution < -0.4 is 4.74 Å². The highest BCUT2D eigenvalue weighted by Gasteiger charge is 2.35. The molecule has 178 valence electrons. The molecule has 0 spiro atoms. The first-order chi connectivity index (χ1) is 15.5. The van der Waals surface area contributed by atoms with Crippen molar-refractivity contribution in [2.45, 2.75) is 43.7 Å². The highest BCUT2D eigenvalue weighted by Crippen LogP contribution is 2.34. The van der Waals surface area contributed by atoms with Crippen LogP contribution in [0.2, 0.25) is 0 Å². The summed E-state index contributed by atoms with van der Waals surface area (Å²) >= 11 is 0. The number of likely N-dealkylation sites (tertiary alicyclic amines) is 1. The lowest BCUT2D eigenvalue weighted by molar-refractivity contribution is -0.122. The van der Waals surface area contributed by atoms with Crippen LogP contribution in [0.1, 0.15) is 32.3 Å². The Morgan fingerprint density at radius 2 is 1.85 bits per heavy atom. The lowest BCUT2D eigenvalue weighted by Gasteiger charge is -2.48. The second kappa shape index (κ2) is 9.44. The zero-order valence-corrected chi connectivity index (χ0v) is 19.2. The van der Waals surface area contributed by atoms with Crippen LogP contribution in [-0.4, -0.2) is 59.3 Å². The van der Waals surface area contributed by atoms with Crippen LogP contribution >= 0.6 is 0 Å². The third-order valence-corrected chi connectivity index (χ3v) is 7.01. The summed E-state index contributed by atoms with van der Waals surface area (Å²) in [5.41, 5.74) is 1.71. The molecule has 1 aliphatic heterocycles. The van der Waals surface area contributed by atoms with E-state index < -0.39 is 16.6 Å². The first kappa shape index (κ1) is 24.6. The Kier molecular flexibility index (Phi) is 7.03. The highest BCUT2D eigenvalue weighted by molar-refractivity contribution is 7.90. The maximum absolute atomic E-state index is 13.0. The van der Waals surface area contributed by atoms with E-state index in [0.29, 0.717) is 16.8 Å². The van der Waals surface area contributed by atoms with Crippen LogP contribution in [0.25, 0.3) is 10.9 Å². The first-order valence-electron chi connectivity index (χ1n) is 10.1. The van der Waals surface area contributed by atoms with Crippen LogP contribution in [0, 0.1) is 0 Å². The largest absolute Gasteiger partial charge is 0.483 e. The minimum atomic E-state index is -4.06. The number of ether oxygens (including phenoxy) is 1. The molecule has 0 atom stereocenters. The molecule has 11 heteroatoms. The number of halogens is 2. The summed E-state index contributed by atoms with van der Waals surface area (Å²) in [6.45, 7) is 5.18. The Morgan fingerprint density at radius 3 is 2.45 bits per heavy atom. The summed E-state index contributed by atoms with van der Waals surface area (Å²) in [5, 5.41) is 11.7. The van der Waals surface area contributed by atoms with Crippen molar-refractivity contribution < 1.29 is 31.8 Å². The van der Waals surface area contributed by atoms with E-state index in [9.17, 15) is 17.2 Å². The van der Waals surface area contributed by atoms with Crippen LogP contribution in [0.3, 0.4) is 0 Å². The van der Waals surface area contributed by atoms with Gasteiger partial charge in [-0.15, -0.1) is 0 Å². The second-order valence-electron chi connectivity index (χ2n) is 8.54. The smallest absolute Gasteiger partial charge is 0.387 e. The predicted octanol–water partition coefficient (Wildman–Crippen LogP) is 3.77. The number of fused-ring (bicyclic) bond motifs is 1. The predicted molar refractivity (Wildman–Crippen MR) is 118 cm³/mol. The summed E-state index contributed by atoms with van der Waals surface area (Å²) in [6, 6.07) is 10.7. The van der Waals surface area contributed by atoms with Gasteiger partial charge in [0.25, 0.3) is 16.5 Å². The van der Waals surface area contributed by atoms with Crippen molar-refractivity contribution in [2.24, 2.45) is 0 Å². The quantitative estimate of drug-likeness (QED) is 0.554. The molecule has 0 saturated carbocycles. The van der Waals surface area contributed by atoms with Gasteiger partial charge >= 0.3 is 6.61 Å². The van der Waals surface area contributed by atoms with Crippen molar-refractivity contribution in [3.05, 3.63) is 54.2 Å². The maximum Gasteiger partial charge on any atom is 0.387 e. The van der Waals surface area contributed by atoms with E-state index >= 15 is 0 Å². The second-order valence-corrected chi connectivity index (χ2v) is 10.3. The average molecular weight is 482 g/mol. The van der Waals surface area contributed by atoms with Crippen molar-refractivity contribution in [2.75, 3.05) is 13.1 Å². The Bertz CT molecular complexity index is 1230. The number of carbonyl (C=O) groups is 1. The standard InChI is InChI=1S/C21H23F2N3O3S.CH2O2/c1-21(2,3)25-12-16(13-25)14-7-8-19-15(9-14)11-24-26(19)30(27,28)18-6-4-5-17(10-18)29-20(22)23;2-1-3/h4-11,16,20H,12-13H2,1-3H3;1H,(H,2,3). The van der Waals surface area contributed by atoms with Gasteiger partial charge in [-0.05, 0) is 50.6 Å².